The molecule has 1 heterocycles. The Morgan fingerprint density at radius 1 is 1.21 bits per heavy atom. The molecule has 29 heavy (non-hydrogen) atoms. The summed E-state index contributed by atoms with van der Waals surface area (Å²) in [6.07, 6.45) is 5.11. The van der Waals surface area contributed by atoms with Crippen LogP contribution in [0.5, 0.6) is 0 Å². The highest BCUT2D eigenvalue weighted by atomic mass is 16.2. The van der Waals surface area contributed by atoms with Crippen LogP contribution in [0.3, 0.4) is 0 Å². The van der Waals surface area contributed by atoms with Crippen LogP contribution in [0.15, 0.2) is 12.7 Å². The summed E-state index contributed by atoms with van der Waals surface area (Å²) < 4.78 is 0. The van der Waals surface area contributed by atoms with E-state index in [1.165, 1.54) is 11.0 Å². The van der Waals surface area contributed by atoms with Crippen molar-refractivity contribution >= 4 is 23.5 Å². The molecule has 162 valence electrons. The van der Waals surface area contributed by atoms with Gasteiger partial charge in [-0.2, -0.15) is 0 Å². The number of nitrogens with one attached hydrogen (secondary N) is 2. The van der Waals surface area contributed by atoms with Gasteiger partial charge in [-0.3, -0.25) is 19.2 Å². The van der Waals surface area contributed by atoms with Gasteiger partial charge in [-0.25, -0.2) is 0 Å². The summed E-state index contributed by atoms with van der Waals surface area (Å²) in [4.78, 5) is 51.9. The number of ketones is 1. The smallest absolute Gasteiger partial charge is 0.289 e. The van der Waals surface area contributed by atoms with E-state index in [1.54, 1.807) is 0 Å². The van der Waals surface area contributed by atoms with E-state index in [9.17, 15) is 19.2 Å². The summed E-state index contributed by atoms with van der Waals surface area (Å²) in [5.41, 5.74) is 5.69. The highest BCUT2D eigenvalue weighted by Gasteiger charge is 2.41. The molecule has 3 atom stereocenters. The van der Waals surface area contributed by atoms with Crippen LogP contribution in [0.1, 0.15) is 52.9 Å². The first-order valence-corrected chi connectivity index (χ1v) is 10.4. The fraction of sp³-hybridized carbons (Fsp3) is 0.714. The van der Waals surface area contributed by atoms with Crippen LogP contribution in [0.25, 0.3) is 0 Å². The molecule has 0 aromatic carbocycles. The maximum absolute atomic E-state index is 12.9. The van der Waals surface area contributed by atoms with Gasteiger partial charge in [0, 0.05) is 13.1 Å². The third kappa shape index (κ3) is 6.13. The molecule has 1 aliphatic heterocycles. The summed E-state index contributed by atoms with van der Waals surface area (Å²) in [5.74, 6) is -1.71. The first-order chi connectivity index (χ1) is 13.6. The van der Waals surface area contributed by atoms with Gasteiger partial charge in [0.25, 0.3) is 5.91 Å². The topological polar surface area (TPSA) is 122 Å². The van der Waals surface area contributed by atoms with Gasteiger partial charge in [-0.15, -0.1) is 6.58 Å². The molecule has 8 heteroatoms. The molecule has 3 unspecified atom stereocenters. The lowest BCUT2D eigenvalue weighted by Gasteiger charge is -2.33. The second kappa shape index (κ2) is 9.52. The van der Waals surface area contributed by atoms with Crippen LogP contribution in [-0.2, 0) is 19.2 Å². The van der Waals surface area contributed by atoms with E-state index in [0.29, 0.717) is 31.7 Å². The van der Waals surface area contributed by atoms with Crippen molar-refractivity contribution in [2.24, 2.45) is 17.1 Å². The van der Waals surface area contributed by atoms with Crippen LogP contribution >= 0.6 is 0 Å². The van der Waals surface area contributed by atoms with E-state index in [1.807, 2.05) is 20.8 Å². The van der Waals surface area contributed by atoms with E-state index in [2.05, 4.69) is 17.2 Å². The fourth-order valence-corrected chi connectivity index (χ4v) is 3.45. The summed E-state index contributed by atoms with van der Waals surface area (Å²) in [5, 5.41) is 5.21. The number of hydrogen-bond donors (Lipinski definition) is 3. The van der Waals surface area contributed by atoms with Gasteiger partial charge in [-0.1, -0.05) is 39.7 Å². The second-order valence-corrected chi connectivity index (χ2v) is 9.14. The van der Waals surface area contributed by atoms with Crippen LogP contribution < -0.4 is 16.4 Å². The number of nitrogens with two attached hydrogens (primary N) is 1. The molecule has 1 saturated heterocycles. The minimum atomic E-state index is -0.881. The lowest BCUT2D eigenvalue weighted by Crippen LogP contribution is -2.57. The molecule has 1 aliphatic carbocycles. The Hall–Kier alpha value is -2.22. The zero-order valence-electron chi connectivity index (χ0n) is 17.7. The Bertz CT molecular complexity index is 666. The Labute approximate surface area is 172 Å². The maximum Gasteiger partial charge on any atom is 0.289 e. The SMILES string of the molecule is C=CCNC(=O)C(=O)C(CC1CC1)NC(=O)C1CCCN1C(=O)C(N)C(C)(C)C. The van der Waals surface area contributed by atoms with E-state index < -0.39 is 41.1 Å². The average Bonchev–Trinajstić information content (AvgIpc) is 3.34. The number of hydrogen-bond acceptors (Lipinski definition) is 5. The Morgan fingerprint density at radius 3 is 2.41 bits per heavy atom. The maximum atomic E-state index is 12.9. The quantitative estimate of drug-likeness (QED) is 0.380. The Morgan fingerprint density at radius 2 is 1.86 bits per heavy atom. The highest BCUT2D eigenvalue weighted by Crippen LogP contribution is 2.34. The van der Waals surface area contributed by atoms with Gasteiger partial charge in [0.2, 0.25) is 17.6 Å². The van der Waals surface area contributed by atoms with Gasteiger partial charge in [-0.05, 0) is 30.6 Å². The molecule has 1 saturated carbocycles. The molecule has 3 amide bonds. The monoisotopic (exact) mass is 406 g/mol. The Balaban J connectivity index is 2.07. The number of amides is 3. The molecule has 0 aromatic rings. The van der Waals surface area contributed by atoms with Crippen LogP contribution in [0.2, 0.25) is 0 Å². The zero-order chi connectivity index (χ0) is 21.8. The summed E-state index contributed by atoms with van der Waals surface area (Å²) in [7, 11) is 0. The summed E-state index contributed by atoms with van der Waals surface area (Å²) in [6, 6.07) is -2.26. The molecule has 0 bridgehead atoms. The van der Waals surface area contributed by atoms with Gasteiger partial charge in [0.1, 0.15) is 6.04 Å². The van der Waals surface area contributed by atoms with Crippen molar-refractivity contribution in [3.05, 3.63) is 12.7 Å². The first-order valence-electron chi connectivity index (χ1n) is 10.4. The van der Waals surface area contributed by atoms with Crippen molar-refractivity contribution in [1.29, 1.82) is 0 Å². The normalized spacial score (nSPS) is 21.2. The van der Waals surface area contributed by atoms with Crippen LogP contribution in [0.4, 0.5) is 0 Å². The van der Waals surface area contributed by atoms with Crippen LogP contribution in [0, 0.1) is 11.3 Å². The molecule has 2 fully saturated rings. The number of rotatable bonds is 9. The number of carbonyl (C=O) groups excluding carboxylic acids is 4. The van der Waals surface area contributed by atoms with E-state index >= 15 is 0 Å². The van der Waals surface area contributed by atoms with Gasteiger partial charge < -0.3 is 21.3 Å². The largest absolute Gasteiger partial charge is 0.346 e. The molecule has 0 radical (unpaired) electrons. The molecule has 0 spiro atoms. The standard InChI is InChI=1S/C21H34N4O4/c1-5-10-23-19(28)16(26)14(12-13-8-9-13)24-18(27)15-7-6-11-25(15)20(29)17(22)21(2,3)4/h5,13-15,17H,1,6-12,22H2,2-4H3,(H,23,28)(H,24,27). The van der Waals surface area contributed by atoms with Gasteiger partial charge >= 0.3 is 0 Å². The van der Waals surface area contributed by atoms with Crippen LogP contribution in [-0.4, -0.2) is 59.6 Å². The summed E-state index contributed by atoms with van der Waals surface area (Å²) >= 11 is 0. The van der Waals surface area contributed by atoms with Crippen molar-refractivity contribution in [3.8, 4) is 0 Å². The number of carbonyl (C=O) groups is 4. The molecule has 4 N–H and O–H groups in total. The average molecular weight is 407 g/mol. The van der Waals surface area contributed by atoms with E-state index in [4.69, 9.17) is 5.73 Å². The van der Waals surface area contributed by atoms with E-state index in [-0.39, 0.29) is 12.5 Å². The lowest BCUT2D eigenvalue weighted by molar-refractivity contribution is -0.143. The molecule has 2 aliphatic rings. The van der Waals surface area contributed by atoms with Crippen molar-refractivity contribution in [1.82, 2.24) is 15.5 Å². The molecule has 0 aromatic heterocycles. The van der Waals surface area contributed by atoms with Crippen molar-refractivity contribution < 1.29 is 19.2 Å². The van der Waals surface area contributed by atoms with Gasteiger partial charge in [0.05, 0.1) is 12.1 Å². The molecule has 2 rings (SSSR count). The molecular formula is C21H34N4O4. The predicted octanol–water partition coefficient (Wildman–Crippen LogP) is 0.507. The minimum Gasteiger partial charge on any atom is -0.346 e. The van der Waals surface area contributed by atoms with Crippen molar-refractivity contribution in [3.63, 3.8) is 0 Å². The highest BCUT2D eigenvalue weighted by molar-refractivity contribution is 6.38. The third-order valence-electron chi connectivity index (χ3n) is 5.57. The first kappa shape index (κ1) is 23.1. The number of likely N-dealkylation sites (tertiary alicyclic amines) is 1. The van der Waals surface area contributed by atoms with E-state index in [0.717, 1.165) is 12.8 Å². The number of Topliss-reactive ketones (excluding diaryl/α,β-unsaturated/α-hetero) is 1. The van der Waals surface area contributed by atoms with Crippen molar-refractivity contribution in [2.45, 2.75) is 71.0 Å². The zero-order valence-corrected chi connectivity index (χ0v) is 17.7. The molecule has 8 nitrogen and oxygen atoms in total. The molecular weight excluding hydrogens is 372 g/mol. The lowest BCUT2D eigenvalue weighted by atomic mass is 9.86. The fourth-order valence-electron chi connectivity index (χ4n) is 3.45. The predicted molar refractivity (Wildman–Crippen MR) is 110 cm³/mol. The second-order valence-electron chi connectivity index (χ2n) is 9.14. The minimum absolute atomic E-state index is 0.185. The van der Waals surface area contributed by atoms with Crippen molar-refractivity contribution in [2.75, 3.05) is 13.1 Å². The number of nitrogens with zero attached hydrogens (tertiary/aromatic N) is 1. The third-order valence-corrected chi connectivity index (χ3v) is 5.57. The summed E-state index contributed by atoms with van der Waals surface area (Å²) in [6.45, 7) is 9.80. The van der Waals surface area contributed by atoms with Gasteiger partial charge in [0.15, 0.2) is 0 Å². The Kier molecular flexibility index (Phi) is 7.57.